The zero-order valence-corrected chi connectivity index (χ0v) is 6.24. The Kier molecular flexibility index (Phi) is 1.28. The fourth-order valence-corrected chi connectivity index (χ4v) is 1.18. The van der Waals surface area contributed by atoms with Crippen molar-refractivity contribution in [3.8, 4) is 6.07 Å². The van der Waals surface area contributed by atoms with Gasteiger partial charge in [0.05, 0.1) is 0 Å². The second kappa shape index (κ2) is 2.28. The molecule has 0 aliphatic carbocycles. The summed E-state index contributed by atoms with van der Waals surface area (Å²) >= 11 is 0. The second-order valence-electron chi connectivity index (χ2n) is 2.45. The van der Waals surface area contributed by atoms with Gasteiger partial charge in [-0.1, -0.05) is 12.1 Å². The molecule has 0 radical (unpaired) electrons. The molecule has 1 heterocycles. The van der Waals surface area contributed by atoms with Crippen LogP contribution >= 0.6 is 0 Å². The summed E-state index contributed by atoms with van der Waals surface area (Å²) in [6.45, 7) is 0. The van der Waals surface area contributed by atoms with Crippen LogP contribution in [0.4, 0.5) is 5.88 Å². The molecule has 3 heteroatoms. The summed E-state index contributed by atoms with van der Waals surface area (Å²) in [4.78, 5) is 0. The van der Waals surface area contributed by atoms with Crippen molar-refractivity contribution < 1.29 is 4.42 Å². The number of nitrogens with zero attached hydrogens (tertiary/aromatic N) is 1. The van der Waals surface area contributed by atoms with E-state index in [1.165, 1.54) is 0 Å². The number of nitriles is 1. The van der Waals surface area contributed by atoms with Crippen LogP contribution in [0.15, 0.2) is 28.7 Å². The van der Waals surface area contributed by atoms with Crippen LogP contribution in [-0.2, 0) is 0 Å². The average Bonchev–Trinajstić information content (AvgIpc) is 2.40. The van der Waals surface area contributed by atoms with Crippen molar-refractivity contribution in [3.05, 3.63) is 29.8 Å². The van der Waals surface area contributed by atoms with Crippen LogP contribution in [0.25, 0.3) is 11.0 Å². The topological polar surface area (TPSA) is 63.0 Å². The molecular weight excluding hydrogens is 152 g/mol. The number of benzene rings is 1. The van der Waals surface area contributed by atoms with Gasteiger partial charge >= 0.3 is 0 Å². The number of nitrogens with two attached hydrogens (primary N) is 1. The van der Waals surface area contributed by atoms with E-state index in [0.29, 0.717) is 11.1 Å². The molecule has 2 N–H and O–H groups in total. The fourth-order valence-electron chi connectivity index (χ4n) is 1.18. The quantitative estimate of drug-likeness (QED) is 0.636. The summed E-state index contributed by atoms with van der Waals surface area (Å²) in [5, 5.41) is 9.49. The molecule has 0 saturated heterocycles. The van der Waals surface area contributed by atoms with E-state index in [1.54, 1.807) is 6.07 Å². The first kappa shape index (κ1) is 6.74. The van der Waals surface area contributed by atoms with Crippen molar-refractivity contribution in [2.75, 3.05) is 5.73 Å². The highest BCUT2D eigenvalue weighted by atomic mass is 16.3. The molecule has 58 valence electrons. The van der Waals surface area contributed by atoms with E-state index in [-0.39, 0.29) is 5.88 Å². The predicted molar refractivity (Wildman–Crippen MR) is 45.3 cm³/mol. The Labute approximate surface area is 69.0 Å². The average molecular weight is 158 g/mol. The summed E-state index contributed by atoms with van der Waals surface area (Å²) in [7, 11) is 0. The maximum Gasteiger partial charge on any atom is 0.209 e. The normalized spacial score (nSPS) is 9.92. The Bertz CT molecular complexity index is 465. The Morgan fingerprint density at radius 1 is 1.33 bits per heavy atom. The lowest BCUT2D eigenvalue weighted by atomic mass is 10.2. The number of fused-ring (bicyclic) bond motifs is 1. The van der Waals surface area contributed by atoms with Crippen molar-refractivity contribution in [2.45, 2.75) is 0 Å². The van der Waals surface area contributed by atoms with Crippen LogP contribution in [0, 0.1) is 11.3 Å². The van der Waals surface area contributed by atoms with Gasteiger partial charge in [0.15, 0.2) is 0 Å². The van der Waals surface area contributed by atoms with Gasteiger partial charge in [-0.05, 0) is 12.1 Å². The summed E-state index contributed by atoms with van der Waals surface area (Å²) in [6, 6.07) is 9.28. The van der Waals surface area contributed by atoms with E-state index in [1.807, 2.05) is 24.3 Å². The van der Waals surface area contributed by atoms with E-state index in [0.717, 1.165) is 5.39 Å². The van der Waals surface area contributed by atoms with Crippen LogP contribution in [0.2, 0.25) is 0 Å². The van der Waals surface area contributed by atoms with Gasteiger partial charge in [-0.25, -0.2) is 0 Å². The van der Waals surface area contributed by atoms with Crippen molar-refractivity contribution in [3.63, 3.8) is 0 Å². The van der Waals surface area contributed by atoms with Crippen LogP contribution < -0.4 is 5.73 Å². The van der Waals surface area contributed by atoms with E-state index >= 15 is 0 Å². The largest absolute Gasteiger partial charge is 0.440 e. The molecule has 0 aliphatic heterocycles. The smallest absolute Gasteiger partial charge is 0.209 e. The summed E-state index contributed by atoms with van der Waals surface area (Å²) in [5.74, 6) is 0.193. The molecule has 0 unspecified atom stereocenters. The van der Waals surface area contributed by atoms with Crippen molar-refractivity contribution in [1.82, 2.24) is 0 Å². The molecule has 0 fully saturated rings. The molecule has 3 nitrogen and oxygen atoms in total. The third-order valence-corrected chi connectivity index (χ3v) is 1.73. The van der Waals surface area contributed by atoms with Crippen molar-refractivity contribution in [2.24, 2.45) is 0 Å². The minimum Gasteiger partial charge on any atom is -0.440 e. The molecule has 2 aromatic rings. The zero-order valence-electron chi connectivity index (χ0n) is 6.24. The second-order valence-corrected chi connectivity index (χ2v) is 2.45. The molecule has 0 spiro atoms. The Morgan fingerprint density at radius 2 is 2.08 bits per heavy atom. The van der Waals surface area contributed by atoms with E-state index in [4.69, 9.17) is 15.4 Å². The summed E-state index contributed by atoms with van der Waals surface area (Å²) in [6.07, 6.45) is 0. The number of rotatable bonds is 0. The Morgan fingerprint density at radius 3 is 2.83 bits per heavy atom. The molecular formula is C9H6N2O. The fraction of sp³-hybridized carbons (Fsp3) is 0. The number of hydrogen-bond donors (Lipinski definition) is 1. The minimum atomic E-state index is 0.193. The van der Waals surface area contributed by atoms with Gasteiger partial charge in [0.25, 0.3) is 0 Å². The molecule has 0 aliphatic rings. The number of furan rings is 1. The van der Waals surface area contributed by atoms with Crippen LogP contribution in [0.5, 0.6) is 0 Å². The lowest BCUT2D eigenvalue weighted by molar-refractivity contribution is 0.636. The Balaban J connectivity index is 2.93. The maximum atomic E-state index is 8.72. The number of hydrogen-bond acceptors (Lipinski definition) is 3. The SMILES string of the molecule is N#Cc1c(N)oc2ccccc12. The number of anilines is 1. The summed E-state index contributed by atoms with van der Waals surface area (Å²) < 4.78 is 5.15. The maximum absolute atomic E-state index is 8.72. The highest BCUT2D eigenvalue weighted by molar-refractivity contribution is 5.88. The lowest BCUT2D eigenvalue weighted by Crippen LogP contribution is -1.82. The molecule has 0 amide bonds. The highest BCUT2D eigenvalue weighted by Crippen LogP contribution is 2.26. The van der Waals surface area contributed by atoms with E-state index < -0.39 is 0 Å². The third-order valence-electron chi connectivity index (χ3n) is 1.73. The molecule has 1 aromatic heterocycles. The highest BCUT2D eigenvalue weighted by Gasteiger charge is 2.08. The van der Waals surface area contributed by atoms with Gasteiger partial charge in [0, 0.05) is 5.39 Å². The monoisotopic (exact) mass is 158 g/mol. The minimum absolute atomic E-state index is 0.193. The molecule has 0 bridgehead atoms. The van der Waals surface area contributed by atoms with Gasteiger partial charge in [-0.3, -0.25) is 0 Å². The van der Waals surface area contributed by atoms with Crippen LogP contribution in [0.1, 0.15) is 5.56 Å². The number of para-hydroxylation sites is 1. The van der Waals surface area contributed by atoms with Crippen LogP contribution in [-0.4, -0.2) is 0 Å². The van der Waals surface area contributed by atoms with Crippen molar-refractivity contribution >= 4 is 16.9 Å². The van der Waals surface area contributed by atoms with E-state index in [2.05, 4.69) is 0 Å². The lowest BCUT2D eigenvalue weighted by Gasteiger charge is -1.83. The van der Waals surface area contributed by atoms with E-state index in [9.17, 15) is 0 Å². The predicted octanol–water partition coefficient (Wildman–Crippen LogP) is 1.89. The zero-order chi connectivity index (χ0) is 8.55. The Hall–Kier alpha value is -1.95. The third kappa shape index (κ3) is 0.753. The summed E-state index contributed by atoms with van der Waals surface area (Å²) in [5.41, 5.74) is 6.56. The van der Waals surface area contributed by atoms with Gasteiger partial charge in [-0.15, -0.1) is 0 Å². The molecule has 0 saturated carbocycles. The van der Waals surface area contributed by atoms with Crippen molar-refractivity contribution in [1.29, 1.82) is 5.26 Å². The molecule has 12 heavy (non-hydrogen) atoms. The first-order valence-corrected chi connectivity index (χ1v) is 3.50. The number of nitrogen functional groups attached to an aromatic ring is 1. The molecule has 0 atom stereocenters. The standard InChI is InChI=1S/C9H6N2O/c10-5-7-6-3-1-2-4-8(6)12-9(7)11/h1-4H,11H2. The van der Waals surface area contributed by atoms with Gasteiger partial charge in [-0.2, -0.15) is 5.26 Å². The first-order valence-electron chi connectivity index (χ1n) is 3.50. The van der Waals surface area contributed by atoms with Gasteiger partial charge in [0.1, 0.15) is 17.2 Å². The molecule has 2 rings (SSSR count). The molecule has 1 aromatic carbocycles. The first-order chi connectivity index (χ1) is 5.83. The van der Waals surface area contributed by atoms with Gasteiger partial charge < -0.3 is 10.2 Å². The van der Waals surface area contributed by atoms with Crippen LogP contribution in [0.3, 0.4) is 0 Å². The van der Waals surface area contributed by atoms with Gasteiger partial charge in [0.2, 0.25) is 5.88 Å².